The second-order valence-corrected chi connectivity index (χ2v) is 7.08. The van der Waals surface area contributed by atoms with Crippen molar-refractivity contribution in [3.05, 3.63) is 35.0 Å². The van der Waals surface area contributed by atoms with Crippen LogP contribution >= 0.6 is 0 Å². The van der Waals surface area contributed by atoms with Gasteiger partial charge >= 0.3 is 0 Å². The summed E-state index contributed by atoms with van der Waals surface area (Å²) in [5.41, 5.74) is 4.04. The molecule has 1 aromatic carbocycles. The minimum atomic E-state index is -0.378. The minimum Gasteiger partial charge on any atom is -0.351 e. The summed E-state index contributed by atoms with van der Waals surface area (Å²) in [6.07, 6.45) is 3.49. The first-order valence-electron chi connectivity index (χ1n) is 8.73. The van der Waals surface area contributed by atoms with Crippen LogP contribution < -0.4 is 5.32 Å². The van der Waals surface area contributed by atoms with E-state index < -0.39 is 0 Å². The number of benzene rings is 1. The van der Waals surface area contributed by atoms with Crippen molar-refractivity contribution in [1.82, 2.24) is 10.3 Å². The van der Waals surface area contributed by atoms with Crippen LogP contribution in [0.5, 0.6) is 0 Å². The van der Waals surface area contributed by atoms with Gasteiger partial charge in [-0.05, 0) is 49.9 Å². The third-order valence-corrected chi connectivity index (χ3v) is 5.23. The molecule has 2 heterocycles. The fourth-order valence-corrected chi connectivity index (χ4v) is 3.97. The number of aromatic amines is 1. The Balaban J connectivity index is 1.44. The predicted octanol–water partition coefficient (Wildman–Crippen LogP) is 3.20. The summed E-state index contributed by atoms with van der Waals surface area (Å²) in [6, 6.07) is 6.36. The van der Waals surface area contributed by atoms with Crippen LogP contribution in [0.25, 0.3) is 10.9 Å². The van der Waals surface area contributed by atoms with Gasteiger partial charge in [-0.2, -0.15) is 0 Å². The normalized spacial score (nSPS) is 20.8. The number of hydrogen-bond donors (Lipinski definition) is 2. The van der Waals surface area contributed by atoms with Crippen LogP contribution in [0.3, 0.4) is 0 Å². The van der Waals surface area contributed by atoms with Crippen molar-refractivity contribution in [2.45, 2.75) is 51.4 Å². The van der Waals surface area contributed by atoms with Gasteiger partial charge in [-0.15, -0.1) is 0 Å². The molecule has 2 aromatic rings. The maximum absolute atomic E-state index is 12.6. The van der Waals surface area contributed by atoms with E-state index in [1.165, 1.54) is 11.1 Å². The molecular weight excluding hydrogens is 304 g/mol. The third kappa shape index (κ3) is 2.82. The van der Waals surface area contributed by atoms with E-state index in [-0.39, 0.29) is 17.7 Å². The zero-order valence-corrected chi connectivity index (χ0v) is 14.3. The molecule has 4 rings (SSSR count). The van der Waals surface area contributed by atoms with E-state index in [0.29, 0.717) is 18.9 Å². The van der Waals surface area contributed by atoms with Gasteiger partial charge in [0.1, 0.15) is 5.69 Å². The van der Waals surface area contributed by atoms with Gasteiger partial charge in [-0.1, -0.05) is 6.07 Å². The Hall–Kier alpha value is -1.85. The van der Waals surface area contributed by atoms with Crippen LogP contribution in [0.4, 0.5) is 0 Å². The number of fused-ring (bicyclic) bond motifs is 1. The van der Waals surface area contributed by atoms with Gasteiger partial charge in [0.05, 0.1) is 13.2 Å². The SMILES string of the molecule is Cc1cc(C)c2cc(C(=O)NC3CCC4(CC3)OCCO4)[nH]c2c1. The maximum Gasteiger partial charge on any atom is 0.267 e. The Morgan fingerprint density at radius 1 is 1.17 bits per heavy atom. The molecule has 1 aliphatic heterocycles. The molecule has 0 radical (unpaired) electrons. The molecule has 2 fully saturated rings. The summed E-state index contributed by atoms with van der Waals surface area (Å²) < 4.78 is 11.5. The lowest BCUT2D eigenvalue weighted by Gasteiger charge is -2.35. The molecule has 1 aliphatic carbocycles. The molecule has 0 unspecified atom stereocenters. The zero-order chi connectivity index (χ0) is 16.7. The molecule has 128 valence electrons. The first-order valence-corrected chi connectivity index (χ1v) is 8.73. The average molecular weight is 328 g/mol. The molecule has 24 heavy (non-hydrogen) atoms. The second-order valence-electron chi connectivity index (χ2n) is 7.08. The summed E-state index contributed by atoms with van der Waals surface area (Å²) in [7, 11) is 0. The topological polar surface area (TPSA) is 63.4 Å². The quantitative estimate of drug-likeness (QED) is 0.890. The molecule has 2 N–H and O–H groups in total. The van der Waals surface area contributed by atoms with E-state index in [9.17, 15) is 4.79 Å². The molecular formula is C19H24N2O3. The maximum atomic E-state index is 12.6. The summed E-state index contributed by atoms with van der Waals surface area (Å²) in [5, 5.41) is 4.27. The van der Waals surface area contributed by atoms with Crippen molar-refractivity contribution in [3.63, 3.8) is 0 Å². The molecule has 1 saturated carbocycles. The van der Waals surface area contributed by atoms with Gasteiger partial charge in [0.25, 0.3) is 5.91 Å². The molecule has 1 amide bonds. The predicted molar refractivity (Wildman–Crippen MR) is 92.1 cm³/mol. The number of carbonyl (C=O) groups excluding carboxylic acids is 1. The number of hydrogen-bond acceptors (Lipinski definition) is 3. The highest BCUT2D eigenvalue weighted by molar-refractivity contribution is 5.99. The Morgan fingerprint density at radius 3 is 2.58 bits per heavy atom. The Kier molecular flexibility index (Phi) is 3.85. The molecule has 1 aromatic heterocycles. The number of aromatic nitrogens is 1. The van der Waals surface area contributed by atoms with Crippen molar-refractivity contribution in [1.29, 1.82) is 0 Å². The fourth-order valence-electron chi connectivity index (χ4n) is 3.97. The van der Waals surface area contributed by atoms with Gasteiger partial charge in [0.15, 0.2) is 5.79 Å². The molecule has 1 saturated heterocycles. The zero-order valence-electron chi connectivity index (χ0n) is 14.3. The number of ether oxygens (including phenoxy) is 2. The number of rotatable bonds is 2. The lowest BCUT2D eigenvalue weighted by molar-refractivity contribution is -0.179. The number of carbonyl (C=O) groups is 1. The Morgan fingerprint density at radius 2 is 1.88 bits per heavy atom. The molecule has 1 spiro atoms. The highest BCUT2D eigenvalue weighted by Gasteiger charge is 2.40. The van der Waals surface area contributed by atoms with Gasteiger partial charge in [-0.25, -0.2) is 0 Å². The van der Waals surface area contributed by atoms with E-state index in [2.05, 4.69) is 36.3 Å². The number of amides is 1. The average Bonchev–Trinajstić information content (AvgIpc) is 3.17. The molecule has 0 bridgehead atoms. The smallest absolute Gasteiger partial charge is 0.267 e. The van der Waals surface area contributed by atoms with Crippen LogP contribution in [0.2, 0.25) is 0 Å². The van der Waals surface area contributed by atoms with Crippen LogP contribution in [0.1, 0.15) is 47.3 Å². The van der Waals surface area contributed by atoms with Crippen LogP contribution in [0.15, 0.2) is 18.2 Å². The van der Waals surface area contributed by atoms with Crippen LogP contribution in [0, 0.1) is 13.8 Å². The van der Waals surface area contributed by atoms with E-state index in [1.54, 1.807) is 0 Å². The van der Waals surface area contributed by atoms with E-state index in [4.69, 9.17) is 9.47 Å². The number of aryl methyl sites for hydroxylation is 2. The van der Waals surface area contributed by atoms with E-state index in [0.717, 1.165) is 36.6 Å². The molecule has 5 nitrogen and oxygen atoms in total. The lowest BCUT2D eigenvalue weighted by atomic mass is 9.90. The first kappa shape index (κ1) is 15.7. The number of H-pyrrole nitrogens is 1. The molecule has 5 heteroatoms. The summed E-state index contributed by atoms with van der Waals surface area (Å²) >= 11 is 0. The summed E-state index contributed by atoms with van der Waals surface area (Å²) in [5.74, 6) is -0.408. The van der Waals surface area contributed by atoms with E-state index in [1.807, 2.05) is 6.07 Å². The second kappa shape index (κ2) is 5.90. The summed E-state index contributed by atoms with van der Waals surface area (Å²) in [4.78, 5) is 15.8. The standard InChI is InChI=1S/C19H24N2O3/c1-12-9-13(2)15-11-17(21-16(15)10-12)18(22)20-14-3-5-19(6-4-14)23-7-8-24-19/h9-11,14,21H,3-8H2,1-2H3,(H,20,22). The molecule has 0 atom stereocenters. The summed E-state index contributed by atoms with van der Waals surface area (Å²) in [6.45, 7) is 5.51. The highest BCUT2D eigenvalue weighted by atomic mass is 16.7. The van der Waals surface area contributed by atoms with Crippen LogP contribution in [-0.2, 0) is 9.47 Å². The van der Waals surface area contributed by atoms with Gasteiger partial charge in [0, 0.05) is 29.8 Å². The van der Waals surface area contributed by atoms with Crippen molar-refractivity contribution >= 4 is 16.8 Å². The monoisotopic (exact) mass is 328 g/mol. The Labute approximate surface area is 141 Å². The van der Waals surface area contributed by atoms with Crippen molar-refractivity contribution in [2.75, 3.05) is 13.2 Å². The third-order valence-electron chi connectivity index (χ3n) is 5.23. The van der Waals surface area contributed by atoms with Gasteiger partial charge in [-0.3, -0.25) is 4.79 Å². The Bertz CT molecular complexity index is 764. The molecule has 2 aliphatic rings. The first-order chi connectivity index (χ1) is 11.5. The number of nitrogens with one attached hydrogen (secondary N) is 2. The van der Waals surface area contributed by atoms with Crippen molar-refractivity contribution in [3.8, 4) is 0 Å². The van der Waals surface area contributed by atoms with Gasteiger partial charge < -0.3 is 19.8 Å². The lowest BCUT2D eigenvalue weighted by Crippen LogP contribution is -2.44. The van der Waals surface area contributed by atoms with Crippen molar-refractivity contribution < 1.29 is 14.3 Å². The van der Waals surface area contributed by atoms with E-state index >= 15 is 0 Å². The van der Waals surface area contributed by atoms with Gasteiger partial charge in [0.2, 0.25) is 0 Å². The minimum absolute atomic E-state index is 0.0301. The van der Waals surface area contributed by atoms with Crippen molar-refractivity contribution in [2.24, 2.45) is 0 Å². The van der Waals surface area contributed by atoms with Crippen LogP contribution in [-0.4, -0.2) is 35.9 Å². The highest BCUT2D eigenvalue weighted by Crippen LogP contribution is 2.35. The largest absolute Gasteiger partial charge is 0.351 e. The fraction of sp³-hybridized carbons (Fsp3) is 0.526.